The van der Waals surface area contributed by atoms with Gasteiger partial charge in [0.2, 0.25) is 5.91 Å². The topological polar surface area (TPSA) is 49.3 Å². The highest BCUT2D eigenvalue weighted by Crippen LogP contribution is 2.20. The maximum atomic E-state index is 12.3. The Kier molecular flexibility index (Phi) is 6.21. The molecule has 112 valence electrons. The summed E-state index contributed by atoms with van der Waals surface area (Å²) in [6.07, 6.45) is 1.43. The van der Waals surface area contributed by atoms with Crippen LogP contribution in [0.15, 0.2) is 30.3 Å². The second-order valence-corrected chi connectivity index (χ2v) is 6.18. The van der Waals surface area contributed by atoms with Crippen molar-refractivity contribution in [2.75, 3.05) is 6.54 Å². The smallest absolute Gasteiger partial charge is 0.227 e. The highest BCUT2D eigenvalue weighted by Gasteiger charge is 2.25. The van der Waals surface area contributed by atoms with Gasteiger partial charge in [0, 0.05) is 6.54 Å². The molecule has 2 unspecified atom stereocenters. The fraction of sp³-hybridized carbons (Fsp3) is 0.588. The predicted molar refractivity (Wildman–Crippen MR) is 82.6 cm³/mol. The lowest BCUT2D eigenvalue weighted by molar-refractivity contribution is -0.123. The average molecular weight is 277 g/mol. The van der Waals surface area contributed by atoms with E-state index in [0.29, 0.717) is 18.9 Å². The van der Waals surface area contributed by atoms with Crippen LogP contribution in [0.3, 0.4) is 0 Å². The number of aliphatic hydroxyl groups is 1. The number of amides is 1. The zero-order chi connectivity index (χ0) is 15.2. The molecule has 1 amide bonds. The van der Waals surface area contributed by atoms with Gasteiger partial charge in [-0.3, -0.25) is 4.79 Å². The summed E-state index contributed by atoms with van der Waals surface area (Å²) in [5.41, 5.74) is 0.176. The van der Waals surface area contributed by atoms with E-state index in [0.717, 1.165) is 12.0 Å². The van der Waals surface area contributed by atoms with Gasteiger partial charge in [-0.05, 0) is 31.2 Å². The van der Waals surface area contributed by atoms with Gasteiger partial charge in [0.15, 0.2) is 0 Å². The van der Waals surface area contributed by atoms with Crippen LogP contribution in [0.25, 0.3) is 0 Å². The average Bonchev–Trinajstić information content (AvgIpc) is 2.37. The van der Waals surface area contributed by atoms with Crippen molar-refractivity contribution in [3.8, 4) is 0 Å². The molecular weight excluding hydrogens is 250 g/mol. The second-order valence-electron chi connectivity index (χ2n) is 6.18. The summed E-state index contributed by atoms with van der Waals surface area (Å²) in [5, 5.41) is 13.1. The first-order valence-corrected chi connectivity index (χ1v) is 7.40. The number of hydrogen-bond acceptors (Lipinski definition) is 2. The number of carbonyl (C=O) groups excluding carboxylic acids is 1. The van der Waals surface area contributed by atoms with Crippen LogP contribution in [0.4, 0.5) is 0 Å². The maximum Gasteiger partial charge on any atom is 0.227 e. The van der Waals surface area contributed by atoms with Crippen molar-refractivity contribution in [3.05, 3.63) is 35.9 Å². The molecule has 3 heteroatoms. The standard InChI is InChI=1S/C17H27NO2/c1-5-15(14-9-7-6-8-10-14)16(19)18-12-17(4,20)11-13(2)3/h6-10,13,15,20H,5,11-12H2,1-4H3,(H,18,19). The van der Waals surface area contributed by atoms with Crippen LogP contribution < -0.4 is 5.32 Å². The summed E-state index contributed by atoms with van der Waals surface area (Å²) < 4.78 is 0. The molecule has 1 aromatic rings. The number of nitrogens with one attached hydrogen (secondary N) is 1. The molecule has 0 aromatic heterocycles. The molecule has 0 aliphatic rings. The fourth-order valence-corrected chi connectivity index (χ4v) is 2.61. The Morgan fingerprint density at radius 1 is 1.30 bits per heavy atom. The highest BCUT2D eigenvalue weighted by molar-refractivity contribution is 5.83. The first kappa shape index (κ1) is 16.7. The van der Waals surface area contributed by atoms with Gasteiger partial charge in [0.1, 0.15) is 0 Å². The predicted octanol–water partition coefficient (Wildman–Crippen LogP) is 3.09. The third-order valence-corrected chi connectivity index (χ3v) is 3.42. The minimum Gasteiger partial charge on any atom is -0.388 e. The van der Waals surface area contributed by atoms with E-state index in [1.165, 1.54) is 0 Å². The molecule has 0 spiro atoms. The quantitative estimate of drug-likeness (QED) is 0.804. The Morgan fingerprint density at radius 3 is 2.40 bits per heavy atom. The van der Waals surface area contributed by atoms with Gasteiger partial charge < -0.3 is 10.4 Å². The molecule has 0 bridgehead atoms. The van der Waals surface area contributed by atoms with E-state index in [-0.39, 0.29) is 11.8 Å². The molecule has 1 rings (SSSR count). The van der Waals surface area contributed by atoms with Gasteiger partial charge in [0.25, 0.3) is 0 Å². The van der Waals surface area contributed by atoms with Gasteiger partial charge in [-0.1, -0.05) is 51.1 Å². The summed E-state index contributed by atoms with van der Waals surface area (Å²) in [7, 11) is 0. The number of benzene rings is 1. The summed E-state index contributed by atoms with van der Waals surface area (Å²) in [4.78, 5) is 12.3. The lowest BCUT2D eigenvalue weighted by Crippen LogP contribution is -2.43. The fourth-order valence-electron chi connectivity index (χ4n) is 2.61. The molecule has 2 atom stereocenters. The Labute approximate surface area is 122 Å². The van der Waals surface area contributed by atoms with Crippen molar-refractivity contribution >= 4 is 5.91 Å². The first-order chi connectivity index (χ1) is 9.35. The molecule has 20 heavy (non-hydrogen) atoms. The first-order valence-electron chi connectivity index (χ1n) is 7.40. The Morgan fingerprint density at radius 2 is 1.90 bits per heavy atom. The molecule has 0 aliphatic carbocycles. The van der Waals surface area contributed by atoms with E-state index in [9.17, 15) is 9.90 Å². The maximum absolute atomic E-state index is 12.3. The SMILES string of the molecule is CCC(C(=O)NCC(C)(O)CC(C)C)c1ccccc1. The van der Waals surface area contributed by atoms with Crippen molar-refractivity contribution in [1.82, 2.24) is 5.32 Å². The van der Waals surface area contributed by atoms with E-state index < -0.39 is 5.60 Å². The van der Waals surface area contributed by atoms with E-state index in [1.807, 2.05) is 37.3 Å². The lowest BCUT2D eigenvalue weighted by atomic mass is 9.92. The van der Waals surface area contributed by atoms with E-state index in [2.05, 4.69) is 19.2 Å². The van der Waals surface area contributed by atoms with E-state index in [1.54, 1.807) is 6.92 Å². The zero-order valence-corrected chi connectivity index (χ0v) is 13.0. The van der Waals surface area contributed by atoms with Gasteiger partial charge in [-0.2, -0.15) is 0 Å². The Balaban J connectivity index is 2.61. The molecule has 1 aromatic carbocycles. The number of carbonyl (C=O) groups is 1. The number of rotatable bonds is 7. The van der Waals surface area contributed by atoms with Crippen LogP contribution in [-0.4, -0.2) is 23.2 Å². The van der Waals surface area contributed by atoms with Gasteiger partial charge in [0.05, 0.1) is 11.5 Å². The van der Waals surface area contributed by atoms with Crippen LogP contribution in [0.5, 0.6) is 0 Å². The molecule has 0 radical (unpaired) electrons. The third kappa shape index (κ3) is 5.33. The summed E-state index contributed by atoms with van der Waals surface area (Å²) >= 11 is 0. The second kappa shape index (κ2) is 7.44. The largest absolute Gasteiger partial charge is 0.388 e. The molecular formula is C17H27NO2. The zero-order valence-electron chi connectivity index (χ0n) is 13.0. The Hall–Kier alpha value is -1.35. The summed E-state index contributed by atoms with van der Waals surface area (Å²) in [6.45, 7) is 8.21. The van der Waals surface area contributed by atoms with Crippen LogP contribution >= 0.6 is 0 Å². The van der Waals surface area contributed by atoms with Crippen LogP contribution in [-0.2, 0) is 4.79 Å². The third-order valence-electron chi connectivity index (χ3n) is 3.42. The van der Waals surface area contributed by atoms with Crippen LogP contribution in [0, 0.1) is 5.92 Å². The lowest BCUT2D eigenvalue weighted by Gasteiger charge is -2.26. The van der Waals surface area contributed by atoms with Gasteiger partial charge in [-0.25, -0.2) is 0 Å². The Bertz CT molecular complexity index is 412. The van der Waals surface area contributed by atoms with E-state index >= 15 is 0 Å². The van der Waals surface area contributed by atoms with Crippen molar-refractivity contribution in [3.63, 3.8) is 0 Å². The van der Waals surface area contributed by atoms with Crippen molar-refractivity contribution in [1.29, 1.82) is 0 Å². The minimum absolute atomic E-state index is 0.0114. The van der Waals surface area contributed by atoms with Crippen LogP contribution in [0.1, 0.15) is 52.0 Å². The highest BCUT2D eigenvalue weighted by atomic mass is 16.3. The monoisotopic (exact) mass is 277 g/mol. The number of hydrogen-bond donors (Lipinski definition) is 2. The molecule has 0 saturated carbocycles. The van der Waals surface area contributed by atoms with Crippen molar-refractivity contribution < 1.29 is 9.90 Å². The normalized spacial score (nSPS) is 15.7. The molecule has 0 fully saturated rings. The molecule has 0 aliphatic heterocycles. The van der Waals surface area contributed by atoms with Crippen LogP contribution in [0.2, 0.25) is 0 Å². The van der Waals surface area contributed by atoms with Crippen molar-refractivity contribution in [2.24, 2.45) is 5.92 Å². The molecule has 0 saturated heterocycles. The molecule has 3 nitrogen and oxygen atoms in total. The van der Waals surface area contributed by atoms with E-state index in [4.69, 9.17) is 0 Å². The summed E-state index contributed by atoms with van der Waals surface area (Å²) in [5.74, 6) is 0.242. The molecule has 0 heterocycles. The summed E-state index contributed by atoms with van der Waals surface area (Å²) in [6, 6.07) is 9.78. The van der Waals surface area contributed by atoms with Gasteiger partial charge in [-0.15, -0.1) is 0 Å². The van der Waals surface area contributed by atoms with Gasteiger partial charge >= 0.3 is 0 Å². The van der Waals surface area contributed by atoms with Crippen molar-refractivity contribution in [2.45, 2.75) is 52.1 Å². The molecule has 2 N–H and O–H groups in total. The minimum atomic E-state index is -0.848.